The highest BCUT2D eigenvalue weighted by Crippen LogP contribution is 2.22. The summed E-state index contributed by atoms with van der Waals surface area (Å²) in [5.41, 5.74) is 0.785. The summed E-state index contributed by atoms with van der Waals surface area (Å²) in [6, 6.07) is 11.8. The van der Waals surface area contributed by atoms with Crippen molar-refractivity contribution in [1.82, 2.24) is 9.62 Å². The Labute approximate surface area is 177 Å². The van der Waals surface area contributed by atoms with Crippen LogP contribution in [0.2, 0.25) is 0 Å². The molecule has 1 fully saturated rings. The number of hydrogen-bond acceptors (Lipinski definition) is 4. The number of amides is 1. The zero-order valence-electron chi connectivity index (χ0n) is 17.0. The lowest BCUT2D eigenvalue weighted by Crippen LogP contribution is -2.32. The number of nitrogens with zero attached hydrogens (tertiary/aromatic N) is 1. The molecule has 0 bridgehead atoms. The summed E-state index contributed by atoms with van der Waals surface area (Å²) in [5, 5.41) is 2.78. The number of ether oxygens (including phenoxy) is 1. The molecule has 0 spiro atoms. The molecule has 162 valence electrons. The van der Waals surface area contributed by atoms with Crippen LogP contribution in [0.5, 0.6) is 5.75 Å². The minimum Gasteiger partial charge on any atom is -0.484 e. The summed E-state index contributed by atoms with van der Waals surface area (Å²) in [5.74, 6) is -0.246. The fourth-order valence-corrected chi connectivity index (χ4v) is 4.92. The molecule has 1 amide bonds. The van der Waals surface area contributed by atoms with Crippen molar-refractivity contribution >= 4 is 15.9 Å². The fourth-order valence-electron chi connectivity index (χ4n) is 3.41. The molecular weight excluding hydrogens is 407 g/mol. The molecule has 1 heterocycles. The van der Waals surface area contributed by atoms with Gasteiger partial charge in [0.1, 0.15) is 11.6 Å². The van der Waals surface area contributed by atoms with Crippen LogP contribution >= 0.6 is 0 Å². The molecule has 2 aromatic carbocycles. The molecule has 30 heavy (non-hydrogen) atoms. The van der Waals surface area contributed by atoms with Gasteiger partial charge in [0.05, 0.1) is 10.9 Å². The predicted octanol–water partition coefficient (Wildman–Crippen LogP) is 3.65. The molecule has 8 heteroatoms. The summed E-state index contributed by atoms with van der Waals surface area (Å²) in [6.45, 7) is 2.69. The van der Waals surface area contributed by atoms with Crippen molar-refractivity contribution in [3.8, 4) is 5.75 Å². The van der Waals surface area contributed by atoms with E-state index in [1.807, 2.05) is 0 Å². The highest BCUT2D eigenvalue weighted by Gasteiger charge is 2.25. The third kappa shape index (κ3) is 5.79. The van der Waals surface area contributed by atoms with Gasteiger partial charge in [-0.15, -0.1) is 0 Å². The summed E-state index contributed by atoms with van der Waals surface area (Å²) in [7, 11) is -3.51. The van der Waals surface area contributed by atoms with Gasteiger partial charge in [-0.25, -0.2) is 12.8 Å². The largest absolute Gasteiger partial charge is 0.484 e. The molecule has 1 aliphatic rings. The van der Waals surface area contributed by atoms with E-state index in [0.717, 1.165) is 31.2 Å². The average Bonchev–Trinajstić information content (AvgIpc) is 3.03. The summed E-state index contributed by atoms with van der Waals surface area (Å²) < 4.78 is 45.6. The molecule has 0 unspecified atom stereocenters. The third-order valence-electron chi connectivity index (χ3n) is 5.14. The van der Waals surface area contributed by atoms with E-state index >= 15 is 0 Å². The standard InChI is InChI=1S/C22H27FN2O4S/c1-17(18-6-8-19(23)9-7-18)24-22(26)16-29-20-10-12-21(13-11-20)30(27,28)25-14-4-2-3-5-15-25/h6-13,17H,2-5,14-16H2,1H3,(H,24,26)/t17-/m1/s1. The van der Waals surface area contributed by atoms with Crippen molar-refractivity contribution in [3.63, 3.8) is 0 Å². The van der Waals surface area contributed by atoms with Gasteiger partial charge in [-0.05, 0) is 61.7 Å². The maximum atomic E-state index is 13.0. The zero-order chi connectivity index (χ0) is 21.6. The number of rotatable bonds is 7. The second-order valence-corrected chi connectivity index (χ2v) is 9.36. The Morgan fingerprint density at radius 1 is 1.03 bits per heavy atom. The lowest BCUT2D eigenvalue weighted by molar-refractivity contribution is -0.123. The first-order chi connectivity index (χ1) is 14.4. The van der Waals surface area contributed by atoms with E-state index in [-0.39, 0.29) is 29.3 Å². The molecule has 1 saturated heterocycles. The first-order valence-corrected chi connectivity index (χ1v) is 11.6. The van der Waals surface area contributed by atoms with Gasteiger partial charge in [-0.1, -0.05) is 25.0 Å². The molecule has 1 atom stereocenters. The topological polar surface area (TPSA) is 75.7 Å². The van der Waals surface area contributed by atoms with Crippen LogP contribution in [-0.4, -0.2) is 38.3 Å². The van der Waals surface area contributed by atoms with Crippen LogP contribution in [-0.2, 0) is 14.8 Å². The Kier molecular flexibility index (Phi) is 7.44. The monoisotopic (exact) mass is 434 g/mol. The first-order valence-electron chi connectivity index (χ1n) is 10.1. The van der Waals surface area contributed by atoms with Gasteiger partial charge in [0.15, 0.2) is 6.61 Å². The van der Waals surface area contributed by atoms with Gasteiger partial charge in [-0.2, -0.15) is 4.31 Å². The van der Waals surface area contributed by atoms with Gasteiger partial charge in [-0.3, -0.25) is 4.79 Å². The van der Waals surface area contributed by atoms with Crippen LogP contribution in [0.4, 0.5) is 4.39 Å². The number of nitrogens with one attached hydrogen (secondary N) is 1. The smallest absolute Gasteiger partial charge is 0.258 e. The number of halogens is 1. The molecule has 0 aromatic heterocycles. The molecule has 2 aromatic rings. The third-order valence-corrected chi connectivity index (χ3v) is 7.06. The fraction of sp³-hybridized carbons (Fsp3) is 0.409. The number of carbonyl (C=O) groups is 1. The van der Waals surface area contributed by atoms with Crippen molar-refractivity contribution in [2.24, 2.45) is 0 Å². The van der Waals surface area contributed by atoms with E-state index in [1.54, 1.807) is 35.5 Å². The number of carbonyl (C=O) groups excluding carboxylic acids is 1. The van der Waals surface area contributed by atoms with Crippen LogP contribution in [0.25, 0.3) is 0 Å². The van der Waals surface area contributed by atoms with Crippen LogP contribution in [0, 0.1) is 5.82 Å². The van der Waals surface area contributed by atoms with Gasteiger partial charge in [0, 0.05) is 13.1 Å². The quantitative estimate of drug-likeness (QED) is 0.722. The van der Waals surface area contributed by atoms with E-state index in [4.69, 9.17) is 4.74 Å². The van der Waals surface area contributed by atoms with Crippen LogP contribution < -0.4 is 10.1 Å². The van der Waals surface area contributed by atoms with Crippen LogP contribution in [0.15, 0.2) is 53.4 Å². The average molecular weight is 435 g/mol. The Bertz CT molecular complexity index is 938. The lowest BCUT2D eigenvalue weighted by atomic mass is 10.1. The Balaban J connectivity index is 1.53. The van der Waals surface area contributed by atoms with Gasteiger partial charge < -0.3 is 10.1 Å². The first kappa shape index (κ1) is 22.2. The molecule has 1 N–H and O–H groups in total. The van der Waals surface area contributed by atoms with Crippen molar-refractivity contribution in [1.29, 1.82) is 0 Å². The lowest BCUT2D eigenvalue weighted by Gasteiger charge is -2.20. The summed E-state index contributed by atoms with van der Waals surface area (Å²) >= 11 is 0. The SMILES string of the molecule is C[C@@H](NC(=O)COc1ccc(S(=O)(=O)N2CCCCCC2)cc1)c1ccc(F)cc1. The van der Waals surface area contributed by atoms with Crippen molar-refractivity contribution in [2.75, 3.05) is 19.7 Å². The number of sulfonamides is 1. The molecule has 0 radical (unpaired) electrons. The minimum atomic E-state index is -3.51. The molecule has 0 saturated carbocycles. The predicted molar refractivity (Wildman–Crippen MR) is 112 cm³/mol. The van der Waals surface area contributed by atoms with Crippen LogP contribution in [0.3, 0.4) is 0 Å². The van der Waals surface area contributed by atoms with Crippen molar-refractivity contribution in [3.05, 3.63) is 59.9 Å². The summed E-state index contributed by atoms with van der Waals surface area (Å²) in [6.07, 6.45) is 3.87. The Morgan fingerprint density at radius 3 is 2.23 bits per heavy atom. The molecule has 0 aliphatic carbocycles. The van der Waals surface area contributed by atoms with E-state index in [2.05, 4.69) is 5.32 Å². The zero-order valence-corrected chi connectivity index (χ0v) is 17.8. The maximum absolute atomic E-state index is 13.0. The van der Waals surface area contributed by atoms with Gasteiger partial charge in [0.2, 0.25) is 10.0 Å². The molecular formula is C22H27FN2O4S. The maximum Gasteiger partial charge on any atom is 0.258 e. The normalized spacial score (nSPS) is 16.5. The number of hydrogen-bond donors (Lipinski definition) is 1. The summed E-state index contributed by atoms with van der Waals surface area (Å²) in [4.78, 5) is 12.3. The second kappa shape index (κ2) is 10.0. The van der Waals surface area contributed by atoms with Crippen molar-refractivity contribution in [2.45, 2.75) is 43.5 Å². The molecule has 6 nitrogen and oxygen atoms in total. The van der Waals surface area contributed by atoms with Crippen LogP contribution in [0.1, 0.15) is 44.2 Å². The van der Waals surface area contributed by atoms with E-state index < -0.39 is 10.0 Å². The highest BCUT2D eigenvalue weighted by atomic mass is 32.2. The van der Waals surface area contributed by atoms with Gasteiger partial charge >= 0.3 is 0 Å². The van der Waals surface area contributed by atoms with E-state index in [0.29, 0.717) is 18.8 Å². The van der Waals surface area contributed by atoms with E-state index in [9.17, 15) is 17.6 Å². The second-order valence-electron chi connectivity index (χ2n) is 7.42. The van der Waals surface area contributed by atoms with E-state index in [1.165, 1.54) is 24.3 Å². The Hall–Kier alpha value is -2.45. The van der Waals surface area contributed by atoms with Gasteiger partial charge in [0.25, 0.3) is 5.91 Å². The van der Waals surface area contributed by atoms with Crippen molar-refractivity contribution < 1.29 is 22.3 Å². The highest BCUT2D eigenvalue weighted by molar-refractivity contribution is 7.89. The number of benzene rings is 2. The molecule has 3 rings (SSSR count). The molecule has 1 aliphatic heterocycles. The minimum absolute atomic E-state index is 0.205. The Morgan fingerprint density at radius 2 is 1.63 bits per heavy atom.